The van der Waals surface area contributed by atoms with Gasteiger partial charge in [0.15, 0.2) is 5.13 Å². The Hall–Kier alpha value is -2.10. The maximum atomic E-state index is 12.5. The molecule has 0 spiro atoms. The molecular formula is C17H19N5O2S2. The molecule has 1 aromatic carbocycles. The molecule has 1 N–H and O–H groups in total. The highest BCUT2D eigenvalue weighted by molar-refractivity contribution is 7.89. The van der Waals surface area contributed by atoms with Gasteiger partial charge < -0.3 is 5.32 Å². The zero-order chi connectivity index (χ0) is 18.3. The number of fused-ring (bicyclic) bond motifs is 2. The van der Waals surface area contributed by atoms with Crippen LogP contribution in [0.5, 0.6) is 0 Å². The lowest BCUT2D eigenvalue weighted by Gasteiger charge is -2.29. The maximum Gasteiger partial charge on any atom is 0.216 e. The Bertz CT molecular complexity index is 1030. The smallest absolute Gasteiger partial charge is 0.216 e. The number of sulfonamides is 1. The van der Waals surface area contributed by atoms with E-state index < -0.39 is 15.3 Å². The minimum Gasteiger partial charge on any atom is -0.316 e. The van der Waals surface area contributed by atoms with E-state index in [9.17, 15) is 8.42 Å². The van der Waals surface area contributed by atoms with Crippen LogP contribution in [0.1, 0.15) is 25.1 Å². The number of rotatable bonds is 4. The highest BCUT2D eigenvalue weighted by Gasteiger charge is 2.31. The van der Waals surface area contributed by atoms with Gasteiger partial charge in [-0.25, -0.2) is 23.4 Å². The zero-order valence-electron chi connectivity index (χ0n) is 14.5. The largest absolute Gasteiger partial charge is 0.316 e. The van der Waals surface area contributed by atoms with Crippen LogP contribution in [-0.4, -0.2) is 39.5 Å². The number of para-hydroxylation sites is 1. The standard InChI is InChI=1S/C17H19N5O2S2/c1-11(2)26(23,24)22-8-7-13-12(9-22)16(19-10-18-13)21-17-20-14-5-3-4-6-15(14)25-17/h3-6,10-11H,7-9H2,1-2H3,(H,18,19,20,21). The second kappa shape index (κ2) is 6.57. The second-order valence-electron chi connectivity index (χ2n) is 6.44. The first kappa shape index (κ1) is 17.3. The van der Waals surface area contributed by atoms with Gasteiger partial charge in [-0.05, 0) is 26.0 Å². The summed E-state index contributed by atoms with van der Waals surface area (Å²) in [5, 5.41) is 3.54. The lowest BCUT2D eigenvalue weighted by atomic mass is 10.1. The third-order valence-electron chi connectivity index (χ3n) is 4.44. The van der Waals surface area contributed by atoms with Crippen molar-refractivity contribution in [1.82, 2.24) is 19.3 Å². The van der Waals surface area contributed by atoms with Crippen molar-refractivity contribution in [2.45, 2.75) is 32.1 Å². The van der Waals surface area contributed by atoms with Crippen molar-refractivity contribution >= 4 is 42.5 Å². The van der Waals surface area contributed by atoms with Gasteiger partial charge in [0.05, 0.1) is 21.2 Å². The molecule has 0 saturated carbocycles. The van der Waals surface area contributed by atoms with Crippen LogP contribution in [0, 0.1) is 0 Å². The third kappa shape index (κ3) is 3.06. The predicted octanol–water partition coefficient (Wildman–Crippen LogP) is 2.93. The van der Waals surface area contributed by atoms with Crippen LogP contribution in [0.25, 0.3) is 10.2 Å². The molecule has 0 aliphatic carbocycles. The molecule has 1 aliphatic rings. The van der Waals surface area contributed by atoms with Gasteiger partial charge in [0.2, 0.25) is 10.0 Å². The lowest BCUT2D eigenvalue weighted by molar-refractivity contribution is 0.383. The van der Waals surface area contributed by atoms with E-state index in [1.54, 1.807) is 13.8 Å². The molecule has 2 aromatic heterocycles. The number of hydrogen-bond donors (Lipinski definition) is 1. The van der Waals surface area contributed by atoms with Crippen LogP contribution in [0.3, 0.4) is 0 Å². The summed E-state index contributed by atoms with van der Waals surface area (Å²) in [7, 11) is -3.32. The van der Waals surface area contributed by atoms with Crippen molar-refractivity contribution in [3.63, 3.8) is 0 Å². The van der Waals surface area contributed by atoms with Gasteiger partial charge in [-0.1, -0.05) is 23.5 Å². The quantitative estimate of drug-likeness (QED) is 0.738. The normalized spacial score (nSPS) is 15.3. The Morgan fingerprint density at radius 3 is 2.81 bits per heavy atom. The van der Waals surface area contributed by atoms with Gasteiger partial charge in [0.25, 0.3) is 0 Å². The number of nitrogens with one attached hydrogen (secondary N) is 1. The zero-order valence-corrected chi connectivity index (χ0v) is 16.1. The average molecular weight is 390 g/mol. The van der Waals surface area contributed by atoms with E-state index in [2.05, 4.69) is 20.3 Å². The molecule has 0 saturated heterocycles. The Morgan fingerprint density at radius 2 is 2.04 bits per heavy atom. The Balaban J connectivity index is 1.67. The number of thiazole rings is 1. The predicted molar refractivity (Wildman–Crippen MR) is 103 cm³/mol. The van der Waals surface area contributed by atoms with Gasteiger partial charge in [-0.15, -0.1) is 0 Å². The number of hydrogen-bond acceptors (Lipinski definition) is 7. The fourth-order valence-corrected chi connectivity index (χ4v) is 5.08. The number of anilines is 2. The van der Waals surface area contributed by atoms with Crippen LogP contribution in [0.4, 0.5) is 10.9 Å². The van der Waals surface area contributed by atoms with Crippen LogP contribution in [0.2, 0.25) is 0 Å². The molecule has 0 atom stereocenters. The van der Waals surface area contributed by atoms with Crippen LogP contribution in [-0.2, 0) is 23.0 Å². The van der Waals surface area contributed by atoms with Gasteiger partial charge in [0, 0.05) is 25.1 Å². The monoisotopic (exact) mass is 389 g/mol. The fourth-order valence-electron chi connectivity index (χ4n) is 2.97. The van der Waals surface area contributed by atoms with Crippen LogP contribution < -0.4 is 5.32 Å². The van der Waals surface area contributed by atoms with Crippen LogP contribution >= 0.6 is 11.3 Å². The lowest BCUT2D eigenvalue weighted by Crippen LogP contribution is -2.40. The summed E-state index contributed by atoms with van der Waals surface area (Å²) in [5.41, 5.74) is 2.63. The van der Waals surface area contributed by atoms with Crippen LogP contribution in [0.15, 0.2) is 30.6 Å². The third-order valence-corrected chi connectivity index (χ3v) is 7.62. The summed E-state index contributed by atoms with van der Waals surface area (Å²) in [6.45, 7) is 4.13. The summed E-state index contributed by atoms with van der Waals surface area (Å²) < 4.78 is 27.7. The Morgan fingerprint density at radius 1 is 1.23 bits per heavy atom. The summed E-state index contributed by atoms with van der Waals surface area (Å²) in [5.74, 6) is 0.623. The van der Waals surface area contributed by atoms with Gasteiger partial charge >= 0.3 is 0 Å². The first-order chi connectivity index (χ1) is 12.4. The molecule has 0 radical (unpaired) electrons. The van der Waals surface area contributed by atoms with E-state index in [0.29, 0.717) is 18.8 Å². The molecule has 1 aliphatic heterocycles. The van der Waals surface area contributed by atoms with E-state index in [0.717, 1.165) is 26.6 Å². The van der Waals surface area contributed by atoms with Crippen molar-refractivity contribution in [1.29, 1.82) is 0 Å². The number of benzene rings is 1. The van der Waals surface area contributed by atoms with E-state index >= 15 is 0 Å². The van der Waals surface area contributed by atoms with Gasteiger partial charge in [0.1, 0.15) is 12.1 Å². The van der Waals surface area contributed by atoms with Gasteiger partial charge in [-0.3, -0.25) is 0 Å². The molecule has 0 unspecified atom stereocenters. The van der Waals surface area contributed by atoms with Crippen molar-refractivity contribution in [2.75, 3.05) is 11.9 Å². The Labute approximate surface area is 156 Å². The molecule has 4 rings (SSSR count). The molecule has 136 valence electrons. The molecule has 26 heavy (non-hydrogen) atoms. The second-order valence-corrected chi connectivity index (χ2v) is 9.96. The SMILES string of the molecule is CC(C)S(=O)(=O)N1CCc2ncnc(Nc3nc4ccccc4s3)c2C1. The van der Waals surface area contributed by atoms with E-state index in [-0.39, 0.29) is 6.54 Å². The van der Waals surface area contributed by atoms with E-state index in [1.165, 1.54) is 22.0 Å². The number of nitrogens with zero attached hydrogens (tertiary/aromatic N) is 4. The molecule has 0 amide bonds. The first-order valence-electron chi connectivity index (χ1n) is 8.39. The van der Waals surface area contributed by atoms with Gasteiger partial charge in [-0.2, -0.15) is 4.31 Å². The van der Waals surface area contributed by atoms with E-state index in [4.69, 9.17) is 0 Å². The van der Waals surface area contributed by atoms with E-state index in [1.807, 2.05) is 24.3 Å². The molecule has 7 nitrogen and oxygen atoms in total. The maximum absolute atomic E-state index is 12.5. The highest BCUT2D eigenvalue weighted by Crippen LogP contribution is 2.31. The highest BCUT2D eigenvalue weighted by atomic mass is 32.2. The summed E-state index contributed by atoms with van der Waals surface area (Å²) in [4.78, 5) is 13.2. The summed E-state index contributed by atoms with van der Waals surface area (Å²) in [6.07, 6.45) is 2.10. The summed E-state index contributed by atoms with van der Waals surface area (Å²) >= 11 is 1.54. The van der Waals surface area contributed by atoms with Crippen molar-refractivity contribution in [3.8, 4) is 0 Å². The Kier molecular flexibility index (Phi) is 4.37. The molecule has 3 aromatic rings. The van der Waals surface area contributed by atoms with Crippen molar-refractivity contribution in [3.05, 3.63) is 41.9 Å². The minimum atomic E-state index is -3.32. The molecule has 3 heterocycles. The first-order valence-corrected chi connectivity index (χ1v) is 10.7. The molecule has 9 heteroatoms. The number of aromatic nitrogens is 3. The van der Waals surface area contributed by atoms with Crippen molar-refractivity contribution in [2.24, 2.45) is 0 Å². The molecule has 0 bridgehead atoms. The average Bonchev–Trinajstić information content (AvgIpc) is 3.03. The topological polar surface area (TPSA) is 88.1 Å². The van der Waals surface area contributed by atoms with Crippen molar-refractivity contribution < 1.29 is 8.42 Å². The molecular weight excluding hydrogens is 370 g/mol. The minimum absolute atomic E-state index is 0.282. The fraction of sp³-hybridized carbons (Fsp3) is 0.353. The summed E-state index contributed by atoms with van der Waals surface area (Å²) in [6, 6.07) is 7.91. The molecule has 0 fully saturated rings.